The first-order valence-electron chi connectivity index (χ1n) is 2.59. The van der Waals surface area contributed by atoms with E-state index in [4.69, 9.17) is 28.9 Å². The second kappa shape index (κ2) is 4.91. The minimum Gasteiger partial charge on any atom is -0.363 e. The highest BCUT2D eigenvalue weighted by atomic mass is 35.5. The topological polar surface area (TPSA) is 29.3 Å². The third-order valence-corrected chi connectivity index (χ3v) is 1.64. The first-order valence-corrected chi connectivity index (χ1v) is 3.41. The molecule has 2 N–H and O–H groups in total. The van der Waals surface area contributed by atoms with Crippen LogP contribution in [0.2, 0.25) is 0 Å². The van der Waals surface area contributed by atoms with Gasteiger partial charge in [0.15, 0.2) is 0 Å². The summed E-state index contributed by atoms with van der Waals surface area (Å²) in [5.41, 5.74) is 6.57. The van der Waals surface area contributed by atoms with Crippen LogP contribution in [0.25, 0.3) is 0 Å². The van der Waals surface area contributed by atoms with Gasteiger partial charge in [-0.15, -0.1) is 0 Å². The molecule has 0 saturated heterocycles. The summed E-state index contributed by atoms with van der Waals surface area (Å²) in [7, 11) is 1.83. The second-order valence-electron chi connectivity index (χ2n) is 1.64. The van der Waals surface area contributed by atoms with Crippen LogP contribution in [0, 0.1) is 0 Å². The van der Waals surface area contributed by atoms with Gasteiger partial charge < -0.3 is 10.6 Å². The molecule has 9 heavy (non-hydrogen) atoms. The predicted molar refractivity (Wildman–Crippen MR) is 41.5 cm³/mol. The Morgan fingerprint density at radius 3 is 2.67 bits per heavy atom. The molecule has 0 atom stereocenters. The molecule has 0 amide bonds. The van der Waals surface area contributed by atoms with E-state index in [1.165, 1.54) is 5.54 Å². The molecule has 4 heteroatoms. The maximum atomic E-state index is 5.59. The highest BCUT2D eigenvalue weighted by molar-refractivity contribution is 6.36. The van der Waals surface area contributed by atoms with Gasteiger partial charge in [0, 0.05) is 25.7 Å². The average molecular weight is 169 g/mol. The van der Waals surface area contributed by atoms with E-state index in [-0.39, 0.29) is 0 Å². The molecule has 0 aromatic heterocycles. The number of hydrogen-bond donors (Lipinski definition) is 1. The van der Waals surface area contributed by atoms with Crippen molar-refractivity contribution in [3.63, 3.8) is 0 Å². The highest BCUT2D eigenvalue weighted by Gasteiger charge is 1.96. The number of rotatable bonds is 3. The zero-order chi connectivity index (χ0) is 7.28. The maximum absolute atomic E-state index is 5.59. The molecule has 0 aromatic carbocycles. The van der Waals surface area contributed by atoms with Crippen LogP contribution in [-0.4, -0.2) is 25.0 Å². The summed E-state index contributed by atoms with van der Waals surface area (Å²) in [6, 6.07) is 0. The summed E-state index contributed by atoms with van der Waals surface area (Å²) in [6.07, 6.45) is 0. The lowest BCUT2D eigenvalue weighted by Gasteiger charge is -2.14. The first kappa shape index (κ1) is 9.08. The van der Waals surface area contributed by atoms with Gasteiger partial charge in [0.2, 0.25) is 0 Å². The van der Waals surface area contributed by atoms with Gasteiger partial charge in [0.05, 0.1) is 0 Å². The van der Waals surface area contributed by atoms with Gasteiger partial charge in [-0.3, -0.25) is 0 Å². The Morgan fingerprint density at radius 1 is 1.78 bits per heavy atom. The minimum absolute atomic E-state index is 0.516. The van der Waals surface area contributed by atoms with Gasteiger partial charge in [0.1, 0.15) is 5.16 Å². The number of nitrogens with two attached hydrogens (primary N) is 1. The van der Waals surface area contributed by atoms with Crippen molar-refractivity contribution in [2.24, 2.45) is 5.73 Å². The third-order valence-electron chi connectivity index (χ3n) is 0.919. The van der Waals surface area contributed by atoms with Gasteiger partial charge >= 0.3 is 0 Å². The standard InChI is InChI=1S/C5H10Cl2N2/c1-9(3-2-8)5(7)4-6/h4H,2-3,8H2,1H3. The molecular formula is C5H10Cl2N2. The lowest BCUT2D eigenvalue weighted by atomic mass is 10.6. The number of nitrogens with zero attached hydrogens (tertiary/aromatic N) is 1. The quantitative estimate of drug-likeness (QED) is 0.642. The molecule has 0 aromatic rings. The molecule has 54 valence electrons. The van der Waals surface area contributed by atoms with E-state index >= 15 is 0 Å². The van der Waals surface area contributed by atoms with E-state index in [0.29, 0.717) is 11.7 Å². The summed E-state index contributed by atoms with van der Waals surface area (Å²) in [6.45, 7) is 1.31. The Balaban J connectivity index is 3.59. The van der Waals surface area contributed by atoms with Crippen molar-refractivity contribution in [2.75, 3.05) is 20.1 Å². The monoisotopic (exact) mass is 168 g/mol. The second-order valence-corrected chi connectivity index (χ2v) is 2.25. The minimum atomic E-state index is 0.516. The van der Waals surface area contributed by atoms with E-state index in [1.807, 2.05) is 7.05 Å². The van der Waals surface area contributed by atoms with Crippen molar-refractivity contribution in [2.45, 2.75) is 0 Å². The largest absolute Gasteiger partial charge is 0.363 e. The summed E-state index contributed by atoms with van der Waals surface area (Å²) >= 11 is 10.9. The summed E-state index contributed by atoms with van der Waals surface area (Å²) in [5.74, 6) is 0. The Hall–Kier alpha value is 0.0800. The molecule has 0 heterocycles. The summed E-state index contributed by atoms with van der Waals surface area (Å²) in [5, 5.41) is 0.516. The van der Waals surface area contributed by atoms with Crippen molar-refractivity contribution in [1.82, 2.24) is 4.90 Å². The van der Waals surface area contributed by atoms with E-state index < -0.39 is 0 Å². The zero-order valence-corrected chi connectivity index (χ0v) is 6.78. The predicted octanol–water partition coefficient (Wildman–Crippen LogP) is 1.15. The number of likely N-dealkylation sites (N-methyl/N-ethyl adjacent to an activating group) is 1. The summed E-state index contributed by atoms with van der Waals surface area (Å²) < 4.78 is 0. The van der Waals surface area contributed by atoms with Gasteiger partial charge in [-0.1, -0.05) is 23.2 Å². The fraction of sp³-hybridized carbons (Fsp3) is 0.600. The number of halogens is 2. The van der Waals surface area contributed by atoms with Crippen LogP contribution < -0.4 is 5.73 Å². The van der Waals surface area contributed by atoms with E-state index in [2.05, 4.69) is 0 Å². The third kappa shape index (κ3) is 3.62. The average Bonchev–Trinajstić information content (AvgIpc) is 1.87. The first-order chi connectivity index (χ1) is 4.22. The molecule has 2 nitrogen and oxygen atoms in total. The normalized spacial score (nSPS) is 11.8. The molecule has 0 aliphatic carbocycles. The highest BCUT2D eigenvalue weighted by Crippen LogP contribution is 2.06. The smallest absolute Gasteiger partial charge is 0.116 e. The fourth-order valence-electron chi connectivity index (χ4n) is 0.384. The SMILES string of the molecule is CN(CCN)C(Cl)=CCl. The molecule has 0 unspecified atom stereocenters. The van der Waals surface area contributed by atoms with Crippen LogP contribution in [-0.2, 0) is 0 Å². The van der Waals surface area contributed by atoms with Gasteiger partial charge in [-0.2, -0.15) is 0 Å². The molecule has 0 radical (unpaired) electrons. The van der Waals surface area contributed by atoms with Crippen molar-refractivity contribution in [3.8, 4) is 0 Å². The Labute approximate surface area is 65.2 Å². The lowest BCUT2D eigenvalue weighted by Crippen LogP contribution is -2.22. The van der Waals surface area contributed by atoms with E-state index in [1.54, 1.807) is 4.90 Å². The molecule has 0 rings (SSSR count). The lowest BCUT2D eigenvalue weighted by molar-refractivity contribution is 0.455. The van der Waals surface area contributed by atoms with Crippen molar-refractivity contribution >= 4 is 23.2 Å². The van der Waals surface area contributed by atoms with Crippen molar-refractivity contribution < 1.29 is 0 Å². The Kier molecular flexibility index (Phi) is 4.96. The van der Waals surface area contributed by atoms with Crippen LogP contribution in [0.15, 0.2) is 10.7 Å². The van der Waals surface area contributed by atoms with Crippen molar-refractivity contribution in [3.05, 3.63) is 10.7 Å². The molecule has 0 fully saturated rings. The Bertz CT molecular complexity index is 103. The Morgan fingerprint density at radius 2 is 2.33 bits per heavy atom. The van der Waals surface area contributed by atoms with Gasteiger partial charge in [0.25, 0.3) is 0 Å². The fourth-order valence-corrected chi connectivity index (χ4v) is 0.635. The molecule has 0 aliphatic heterocycles. The molecule has 0 bridgehead atoms. The van der Waals surface area contributed by atoms with Crippen molar-refractivity contribution in [1.29, 1.82) is 0 Å². The van der Waals surface area contributed by atoms with Crippen LogP contribution in [0.3, 0.4) is 0 Å². The van der Waals surface area contributed by atoms with E-state index in [0.717, 1.165) is 6.54 Å². The van der Waals surface area contributed by atoms with Crippen LogP contribution in [0.5, 0.6) is 0 Å². The molecular weight excluding hydrogens is 159 g/mol. The van der Waals surface area contributed by atoms with Crippen LogP contribution in [0.1, 0.15) is 0 Å². The number of hydrogen-bond acceptors (Lipinski definition) is 2. The van der Waals surface area contributed by atoms with Crippen LogP contribution >= 0.6 is 23.2 Å². The molecule has 0 spiro atoms. The maximum Gasteiger partial charge on any atom is 0.116 e. The van der Waals surface area contributed by atoms with E-state index in [9.17, 15) is 0 Å². The molecule has 0 saturated carbocycles. The molecule has 0 aliphatic rings. The zero-order valence-electron chi connectivity index (χ0n) is 5.27. The van der Waals surface area contributed by atoms with Gasteiger partial charge in [-0.05, 0) is 0 Å². The summed E-state index contributed by atoms with van der Waals surface area (Å²) in [4.78, 5) is 1.77. The van der Waals surface area contributed by atoms with Gasteiger partial charge in [-0.25, -0.2) is 0 Å². The van der Waals surface area contributed by atoms with Crippen LogP contribution in [0.4, 0.5) is 0 Å².